The highest BCUT2D eigenvalue weighted by molar-refractivity contribution is 9.10. The summed E-state index contributed by atoms with van der Waals surface area (Å²) in [5.74, 6) is -3.04. The van der Waals surface area contributed by atoms with Gasteiger partial charge in [0.25, 0.3) is 15.9 Å². The maximum atomic E-state index is 14.1. The number of fused-ring (bicyclic) bond motifs is 1. The fraction of sp³-hybridized carbons (Fsp3) is 0.200. The molecule has 7 heteroatoms. The van der Waals surface area contributed by atoms with Crippen LogP contribution in [-0.2, 0) is 15.9 Å². The van der Waals surface area contributed by atoms with Crippen LogP contribution in [-0.4, -0.2) is 15.0 Å². The Morgan fingerprint density at radius 3 is 2.45 bits per heavy atom. The largest absolute Gasteiger partial charge is 0.277 e. The number of sulfonamides is 1. The van der Waals surface area contributed by atoms with E-state index in [-0.39, 0.29) is 22.7 Å². The predicted molar refractivity (Wildman–Crippen MR) is 83.6 cm³/mol. The summed E-state index contributed by atoms with van der Waals surface area (Å²) in [6, 6.07) is 12.1. The first-order valence-electron chi connectivity index (χ1n) is 6.58. The van der Waals surface area contributed by atoms with E-state index in [2.05, 4.69) is 15.9 Å². The zero-order chi connectivity index (χ0) is 16.0. The molecule has 1 heterocycles. The number of rotatable bonds is 2. The fourth-order valence-electron chi connectivity index (χ4n) is 2.49. The molecule has 2 aromatic carbocycles. The number of halogens is 3. The summed E-state index contributed by atoms with van der Waals surface area (Å²) in [6.07, 6.45) is -0.539. The molecule has 0 bridgehead atoms. The smallest absolute Gasteiger partial charge is 0.266 e. The van der Waals surface area contributed by atoms with E-state index in [4.69, 9.17) is 0 Å². The Hall–Kier alpha value is -1.47. The summed E-state index contributed by atoms with van der Waals surface area (Å²) in [5.41, 5.74) is -0.240. The molecule has 3 rings (SSSR count). The molecule has 0 unspecified atom stereocenters. The van der Waals surface area contributed by atoms with Crippen LogP contribution in [0.25, 0.3) is 0 Å². The Balaban J connectivity index is 2.15. The molecular formula is C15H12BrF2NO2S. The number of nitrogens with zero attached hydrogens (tertiary/aromatic N) is 1. The zero-order valence-electron chi connectivity index (χ0n) is 11.3. The van der Waals surface area contributed by atoms with E-state index in [1.165, 1.54) is 24.3 Å². The molecule has 1 aliphatic heterocycles. The SMILES string of the molecule is O=S(=O)(c1ccccc1)N1CCC(F)(F)c2cc(Br)ccc21. The molecule has 0 radical (unpaired) electrons. The van der Waals surface area contributed by atoms with E-state index in [9.17, 15) is 17.2 Å². The van der Waals surface area contributed by atoms with Crippen LogP contribution in [0, 0.1) is 0 Å². The predicted octanol–water partition coefficient (Wildman–Crippen LogP) is 4.14. The molecule has 22 heavy (non-hydrogen) atoms. The molecule has 0 saturated carbocycles. The first-order chi connectivity index (χ1) is 10.3. The molecule has 0 amide bonds. The average molecular weight is 388 g/mol. The van der Waals surface area contributed by atoms with Crippen molar-refractivity contribution >= 4 is 31.6 Å². The Morgan fingerprint density at radius 2 is 1.77 bits per heavy atom. The third-order valence-corrected chi connectivity index (χ3v) is 5.90. The van der Waals surface area contributed by atoms with Crippen molar-refractivity contribution < 1.29 is 17.2 Å². The van der Waals surface area contributed by atoms with Crippen LogP contribution in [0.3, 0.4) is 0 Å². The Labute approximate surface area is 135 Å². The molecule has 0 atom stereocenters. The van der Waals surface area contributed by atoms with Crippen molar-refractivity contribution in [3.05, 3.63) is 58.6 Å². The van der Waals surface area contributed by atoms with Crippen LogP contribution in [0.5, 0.6) is 0 Å². The second-order valence-corrected chi connectivity index (χ2v) is 7.78. The van der Waals surface area contributed by atoms with E-state index >= 15 is 0 Å². The van der Waals surface area contributed by atoms with Gasteiger partial charge in [0.1, 0.15) is 0 Å². The second-order valence-electron chi connectivity index (χ2n) is 5.01. The molecule has 3 nitrogen and oxygen atoms in total. The van der Waals surface area contributed by atoms with Crippen molar-refractivity contribution in [2.45, 2.75) is 17.2 Å². The van der Waals surface area contributed by atoms with E-state index in [0.717, 1.165) is 4.31 Å². The van der Waals surface area contributed by atoms with Crippen molar-refractivity contribution in [2.24, 2.45) is 0 Å². The molecule has 0 saturated heterocycles. The summed E-state index contributed by atoms with van der Waals surface area (Å²) >= 11 is 3.16. The lowest BCUT2D eigenvalue weighted by molar-refractivity contribution is -0.0137. The highest BCUT2D eigenvalue weighted by Gasteiger charge is 2.43. The number of hydrogen-bond acceptors (Lipinski definition) is 2. The third-order valence-electron chi connectivity index (χ3n) is 3.58. The van der Waals surface area contributed by atoms with E-state index in [1.54, 1.807) is 24.3 Å². The lowest BCUT2D eigenvalue weighted by atomic mass is 10.00. The average Bonchev–Trinajstić information content (AvgIpc) is 2.48. The topological polar surface area (TPSA) is 37.4 Å². The third kappa shape index (κ3) is 2.52. The van der Waals surface area contributed by atoms with Gasteiger partial charge in [0, 0.05) is 23.0 Å². The molecule has 0 aliphatic carbocycles. The monoisotopic (exact) mass is 387 g/mol. The van der Waals surface area contributed by atoms with E-state index in [0.29, 0.717) is 4.47 Å². The van der Waals surface area contributed by atoms with Gasteiger partial charge in [0.05, 0.1) is 10.6 Å². The first kappa shape index (κ1) is 15.4. The fourth-order valence-corrected chi connectivity index (χ4v) is 4.35. The normalized spacial score (nSPS) is 17.1. The molecule has 2 aromatic rings. The van der Waals surface area contributed by atoms with Crippen molar-refractivity contribution in [3.63, 3.8) is 0 Å². The van der Waals surface area contributed by atoms with Gasteiger partial charge in [0.2, 0.25) is 0 Å². The van der Waals surface area contributed by atoms with Gasteiger partial charge in [-0.25, -0.2) is 17.2 Å². The van der Waals surface area contributed by atoms with E-state index < -0.39 is 22.4 Å². The van der Waals surface area contributed by atoms with Gasteiger partial charge in [-0.3, -0.25) is 4.31 Å². The van der Waals surface area contributed by atoms with Crippen LogP contribution in [0.15, 0.2) is 57.9 Å². The van der Waals surface area contributed by atoms with Gasteiger partial charge in [-0.05, 0) is 30.3 Å². The Morgan fingerprint density at radius 1 is 1.09 bits per heavy atom. The van der Waals surface area contributed by atoms with Gasteiger partial charge in [-0.15, -0.1) is 0 Å². The van der Waals surface area contributed by atoms with Gasteiger partial charge in [-0.1, -0.05) is 34.1 Å². The maximum Gasteiger partial charge on any atom is 0.277 e. The van der Waals surface area contributed by atoms with Crippen LogP contribution in [0.4, 0.5) is 14.5 Å². The molecule has 116 valence electrons. The first-order valence-corrected chi connectivity index (χ1v) is 8.81. The summed E-state index contributed by atoms with van der Waals surface area (Å²) in [7, 11) is -3.85. The van der Waals surface area contributed by atoms with Crippen LogP contribution in [0.1, 0.15) is 12.0 Å². The molecule has 0 aromatic heterocycles. The number of anilines is 1. The summed E-state index contributed by atoms with van der Waals surface area (Å²) < 4.78 is 55.2. The van der Waals surface area contributed by atoms with Crippen LogP contribution >= 0.6 is 15.9 Å². The van der Waals surface area contributed by atoms with Gasteiger partial charge in [0.15, 0.2) is 0 Å². The quantitative estimate of drug-likeness (QED) is 0.776. The van der Waals surface area contributed by atoms with Crippen molar-refractivity contribution in [3.8, 4) is 0 Å². The molecule has 0 spiro atoms. The van der Waals surface area contributed by atoms with Crippen molar-refractivity contribution in [1.29, 1.82) is 0 Å². The van der Waals surface area contributed by atoms with E-state index in [1.807, 2.05) is 0 Å². The molecule has 1 aliphatic rings. The lowest BCUT2D eigenvalue weighted by Crippen LogP contribution is -2.40. The number of hydrogen-bond donors (Lipinski definition) is 0. The highest BCUT2D eigenvalue weighted by atomic mass is 79.9. The summed E-state index contributed by atoms with van der Waals surface area (Å²) in [5, 5.41) is 0. The standard InChI is InChI=1S/C15H12BrF2NO2S/c16-11-6-7-14-13(10-11)15(17,18)8-9-19(14)22(20,21)12-4-2-1-3-5-12/h1-7,10H,8-9H2. The number of benzene rings is 2. The molecule has 0 N–H and O–H groups in total. The van der Waals surface area contributed by atoms with Gasteiger partial charge in [-0.2, -0.15) is 0 Å². The minimum atomic E-state index is -3.85. The lowest BCUT2D eigenvalue weighted by Gasteiger charge is -2.34. The minimum Gasteiger partial charge on any atom is -0.266 e. The van der Waals surface area contributed by atoms with Gasteiger partial charge >= 0.3 is 0 Å². The molecule has 0 fully saturated rings. The maximum absolute atomic E-state index is 14.1. The molecular weight excluding hydrogens is 376 g/mol. The zero-order valence-corrected chi connectivity index (χ0v) is 13.7. The van der Waals surface area contributed by atoms with Gasteiger partial charge < -0.3 is 0 Å². The Kier molecular flexibility index (Phi) is 3.72. The van der Waals surface area contributed by atoms with Crippen molar-refractivity contribution in [1.82, 2.24) is 0 Å². The summed E-state index contributed by atoms with van der Waals surface area (Å²) in [4.78, 5) is 0.0917. The van der Waals surface area contributed by atoms with Crippen LogP contribution < -0.4 is 4.31 Å². The van der Waals surface area contributed by atoms with Crippen molar-refractivity contribution in [2.75, 3.05) is 10.8 Å². The minimum absolute atomic E-state index is 0.0308. The second kappa shape index (κ2) is 5.31. The summed E-state index contributed by atoms with van der Waals surface area (Å²) in [6.45, 7) is -0.251. The number of alkyl halides is 2. The van der Waals surface area contributed by atoms with Crippen LogP contribution in [0.2, 0.25) is 0 Å². The highest BCUT2D eigenvalue weighted by Crippen LogP contribution is 2.45. The Bertz CT molecular complexity index is 810.